The van der Waals surface area contributed by atoms with Crippen molar-refractivity contribution in [2.45, 2.75) is 111 Å². The van der Waals surface area contributed by atoms with E-state index in [-0.39, 0.29) is 60.4 Å². The SMILES string of the molecule is CCCCc1ccc(C(=O)C[C@@H](CNC(=O)CC2=NN=NC2)C(=O)N[C@@H](CC(C)C)B2O[C@@H]3C[C@@H]4C[C@@H](C4(C)C)[C@]3(C)O2)cc1. The summed E-state index contributed by atoms with van der Waals surface area (Å²) in [4.78, 5) is 40.2. The summed E-state index contributed by atoms with van der Waals surface area (Å²) in [7, 11) is -0.573. The van der Waals surface area contributed by atoms with Crippen molar-refractivity contribution >= 4 is 30.4 Å². The quantitative estimate of drug-likeness (QED) is 0.202. The average molecular weight is 620 g/mol. The molecule has 0 aromatic heterocycles. The molecule has 1 aromatic rings. The number of unbranched alkanes of at least 4 members (excludes halogenated alkanes) is 1. The zero-order valence-corrected chi connectivity index (χ0v) is 27.8. The Kier molecular flexibility index (Phi) is 10.3. The first-order valence-corrected chi connectivity index (χ1v) is 16.8. The van der Waals surface area contributed by atoms with Crippen LogP contribution in [0.15, 0.2) is 39.7 Å². The van der Waals surface area contributed by atoms with Crippen LogP contribution >= 0.6 is 0 Å². The fraction of sp³-hybridized carbons (Fsp3) is 0.706. The van der Waals surface area contributed by atoms with Crippen LogP contribution in [0.2, 0.25) is 0 Å². The molecule has 3 saturated carbocycles. The third-order valence-corrected chi connectivity index (χ3v) is 10.7. The molecule has 1 aromatic carbocycles. The summed E-state index contributed by atoms with van der Waals surface area (Å²) in [6.07, 6.45) is 5.95. The molecule has 45 heavy (non-hydrogen) atoms. The molecule has 3 aliphatic carbocycles. The molecule has 2 heterocycles. The number of aryl methyl sites for hydroxylation is 1. The van der Waals surface area contributed by atoms with Gasteiger partial charge in [0.25, 0.3) is 0 Å². The van der Waals surface area contributed by atoms with Crippen LogP contribution in [-0.2, 0) is 25.3 Å². The number of amides is 2. The Morgan fingerprint density at radius 2 is 1.87 bits per heavy atom. The molecule has 6 rings (SSSR count). The number of nitrogens with one attached hydrogen (secondary N) is 2. The van der Waals surface area contributed by atoms with Crippen molar-refractivity contribution in [2.75, 3.05) is 13.1 Å². The molecule has 0 spiro atoms. The Hall–Kier alpha value is -2.92. The monoisotopic (exact) mass is 619 g/mol. The molecule has 4 fully saturated rings. The molecule has 6 atom stereocenters. The highest BCUT2D eigenvalue weighted by atomic mass is 16.7. The Balaban J connectivity index is 1.28. The van der Waals surface area contributed by atoms with Gasteiger partial charge in [-0.25, -0.2) is 0 Å². The average Bonchev–Trinajstić information content (AvgIpc) is 3.64. The summed E-state index contributed by atoms with van der Waals surface area (Å²) in [5.41, 5.74) is 2.13. The third-order valence-electron chi connectivity index (χ3n) is 10.7. The number of rotatable bonds is 15. The number of carbonyl (C=O) groups excluding carboxylic acids is 3. The standard InChI is InChI=1S/C34H50BN5O5/c1-7-8-9-22-10-12-23(13-11-22)27(41)15-24(19-36-31(42)18-26-20-37-40-39-26)32(43)38-30(14-21(2)3)35-44-29-17-25-16-28(33(25,4)5)34(29,6)45-35/h10-13,21,24-25,28-30H,7-9,14-20H2,1-6H3,(H,36,42)(H,38,43)/t24-,25-,28-,29+,30-,34-/m0/s1. The maximum absolute atomic E-state index is 14.0. The van der Waals surface area contributed by atoms with Gasteiger partial charge in [-0.2, -0.15) is 5.11 Å². The van der Waals surface area contributed by atoms with Crippen LogP contribution in [0.1, 0.15) is 102 Å². The Bertz CT molecular complexity index is 1310. The maximum Gasteiger partial charge on any atom is 0.481 e. The molecule has 2 amide bonds. The molecule has 2 bridgehead atoms. The van der Waals surface area contributed by atoms with Gasteiger partial charge in [0, 0.05) is 18.5 Å². The molecule has 0 radical (unpaired) electrons. The lowest BCUT2D eigenvalue weighted by Gasteiger charge is -2.64. The van der Waals surface area contributed by atoms with Gasteiger partial charge >= 0.3 is 7.12 Å². The number of Topliss-reactive ketones (excluding diaryl/α,β-unsaturated/α-hetero) is 1. The van der Waals surface area contributed by atoms with Gasteiger partial charge in [0.15, 0.2) is 5.78 Å². The molecule has 5 aliphatic rings. The molecule has 2 aliphatic heterocycles. The van der Waals surface area contributed by atoms with E-state index in [9.17, 15) is 14.4 Å². The van der Waals surface area contributed by atoms with E-state index >= 15 is 0 Å². The van der Waals surface area contributed by atoms with Crippen LogP contribution in [0, 0.1) is 29.1 Å². The second kappa shape index (κ2) is 13.8. The van der Waals surface area contributed by atoms with Gasteiger partial charge in [-0.05, 0) is 73.0 Å². The van der Waals surface area contributed by atoms with Gasteiger partial charge in [-0.1, -0.05) is 65.3 Å². The van der Waals surface area contributed by atoms with E-state index in [1.807, 2.05) is 24.3 Å². The van der Waals surface area contributed by atoms with Gasteiger partial charge in [0.05, 0.1) is 35.7 Å². The first-order chi connectivity index (χ1) is 21.4. The van der Waals surface area contributed by atoms with E-state index in [1.54, 1.807) is 0 Å². The van der Waals surface area contributed by atoms with Gasteiger partial charge in [0.2, 0.25) is 11.8 Å². The van der Waals surface area contributed by atoms with Crippen LogP contribution in [0.5, 0.6) is 0 Å². The van der Waals surface area contributed by atoms with Crippen molar-refractivity contribution in [1.82, 2.24) is 10.6 Å². The van der Waals surface area contributed by atoms with E-state index in [4.69, 9.17) is 9.31 Å². The largest absolute Gasteiger partial charge is 0.481 e. The molecular weight excluding hydrogens is 569 g/mol. The van der Waals surface area contributed by atoms with E-state index in [0.717, 1.165) is 32.1 Å². The summed E-state index contributed by atoms with van der Waals surface area (Å²) in [6.45, 7) is 13.5. The van der Waals surface area contributed by atoms with E-state index in [1.165, 1.54) is 5.56 Å². The summed E-state index contributed by atoms with van der Waals surface area (Å²) in [5.74, 6) is -0.577. The Labute approximate surface area is 268 Å². The predicted molar refractivity (Wildman–Crippen MR) is 174 cm³/mol. The molecule has 10 nitrogen and oxygen atoms in total. The number of ketones is 1. The predicted octanol–water partition coefficient (Wildman–Crippen LogP) is 5.34. The van der Waals surface area contributed by atoms with E-state index in [2.05, 4.69) is 67.6 Å². The molecule has 244 valence electrons. The summed E-state index contributed by atoms with van der Waals surface area (Å²) < 4.78 is 13.3. The van der Waals surface area contributed by atoms with Crippen LogP contribution in [-0.4, -0.2) is 61.2 Å². The van der Waals surface area contributed by atoms with Crippen molar-refractivity contribution in [2.24, 2.45) is 44.5 Å². The fourth-order valence-corrected chi connectivity index (χ4v) is 7.77. The zero-order chi connectivity index (χ0) is 32.4. The number of nitrogens with zero attached hydrogens (tertiary/aromatic N) is 3. The Morgan fingerprint density at radius 3 is 2.51 bits per heavy atom. The van der Waals surface area contributed by atoms with Crippen molar-refractivity contribution < 1.29 is 23.7 Å². The Morgan fingerprint density at radius 1 is 1.11 bits per heavy atom. The third kappa shape index (κ3) is 7.40. The molecule has 1 saturated heterocycles. The minimum atomic E-state index is -0.776. The fourth-order valence-electron chi connectivity index (χ4n) is 7.77. The van der Waals surface area contributed by atoms with Gasteiger partial charge in [-0.15, -0.1) is 5.10 Å². The maximum atomic E-state index is 14.0. The lowest BCUT2D eigenvalue weighted by Crippen LogP contribution is -2.65. The smallest absolute Gasteiger partial charge is 0.404 e. The van der Waals surface area contributed by atoms with Gasteiger partial charge < -0.3 is 19.9 Å². The highest BCUT2D eigenvalue weighted by Gasteiger charge is 2.68. The van der Waals surface area contributed by atoms with Gasteiger partial charge in [-0.3, -0.25) is 14.4 Å². The second-order valence-corrected chi connectivity index (χ2v) is 14.7. The van der Waals surface area contributed by atoms with Crippen molar-refractivity contribution in [3.63, 3.8) is 0 Å². The normalized spacial score (nSPS) is 27.4. The highest BCUT2D eigenvalue weighted by Crippen LogP contribution is 2.65. The zero-order valence-electron chi connectivity index (χ0n) is 27.8. The second-order valence-electron chi connectivity index (χ2n) is 14.7. The van der Waals surface area contributed by atoms with Crippen LogP contribution in [0.3, 0.4) is 0 Å². The molecule has 0 unspecified atom stereocenters. The lowest BCUT2D eigenvalue weighted by atomic mass is 9.43. The first-order valence-electron chi connectivity index (χ1n) is 16.8. The van der Waals surface area contributed by atoms with E-state index in [0.29, 0.717) is 36.1 Å². The van der Waals surface area contributed by atoms with E-state index < -0.39 is 18.6 Å². The summed E-state index contributed by atoms with van der Waals surface area (Å²) >= 11 is 0. The van der Waals surface area contributed by atoms with Crippen molar-refractivity contribution in [3.8, 4) is 0 Å². The number of benzene rings is 1. The topological polar surface area (TPSA) is 131 Å². The summed E-state index contributed by atoms with van der Waals surface area (Å²) in [6, 6.07) is 7.64. The minimum absolute atomic E-state index is 0.000212. The minimum Gasteiger partial charge on any atom is -0.404 e. The number of hydrogen-bond acceptors (Lipinski definition) is 8. The molecule has 11 heteroatoms. The van der Waals surface area contributed by atoms with Crippen LogP contribution in [0.4, 0.5) is 0 Å². The van der Waals surface area contributed by atoms with Crippen LogP contribution < -0.4 is 10.6 Å². The highest BCUT2D eigenvalue weighted by molar-refractivity contribution is 6.47. The van der Waals surface area contributed by atoms with Crippen molar-refractivity contribution in [1.29, 1.82) is 0 Å². The molecular formula is C34H50BN5O5. The molecule has 2 N–H and O–H groups in total. The number of carbonyl (C=O) groups is 3. The van der Waals surface area contributed by atoms with Gasteiger partial charge in [0.1, 0.15) is 6.54 Å². The summed E-state index contributed by atoms with van der Waals surface area (Å²) in [5, 5.41) is 17.3. The van der Waals surface area contributed by atoms with Crippen molar-refractivity contribution in [3.05, 3.63) is 35.4 Å². The lowest BCUT2D eigenvalue weighted by molar-refractivity contribution is -0.199. The first kappa shape index (κ1) is 33.4. The number of hydrogen-bond donors (Lipinski definition) is 2. The van der Waals surface area contributed by atoms with Crippen LogP contribution in [0.25, 0.3) is 0 Å².